The average molecular weight is 301 g/mol. The van der Waals surface area contributed by atoms with Crippen molar-refractivity contribution in [1.82, 2.24) is 4.90 Å². The number of nitrogens with zero attached hydrogens (tertiary/aromatic N) is 1. The van der Waals surface area contributed by atoms with Gasteiger partial charge in [0.25, 0.3) is 5.91 Å². The van der Waals surface area contributed by atoms with Gasteiger partial charge < -0.3 is 14.4 Å². The Morgan fingerprint density at radius 1 is 1.23 bits per heavy atom. The van der Waals surface area contributed by atoms with E-state index in [1.165, 1.54) is 11.0 Å². The minimum atomic E-state index is -1.04. The number of carboxylic acids is 1. The number of aliphatic carboxylic acids is 1. The number of amides is 1. The van der Waals surface area contributed by atoms with Gasteiger partial charge in [-0.2, -0.15) is 0 Å². The summed E-state index contributed by atoms with van der Waals surface area (Å²) >= 11 is 0. The molecule has 0 aliphatic carbocycles. The number of benzene rings is 1. The number of piperidine rings is 1. The molecule has 22 heavy (non-hydrogen) atoms. The highest BCUT2D eigenvalue weighted by Crippen LogP contribution is 2.20. The summed E-state index contributed by atoms with van der Waals surface area (Å²) in [7, 11) is 0. The monoisotopic (exact) mass is 301 g/mol. The topological polar surface area (TPSA) is 87.8 Å². The first-order valence-corrected chi connectivity index (χ1v) is 7.14. The second-order valence-corrected chi connectivity index (χ2v) is 5.33. The van der Waals surface area contributed by atoms with Gasteiger partial charge in [0.2, 0.25) is 0 Å². The zero-order valence-corrected chi connectivity index (χ0v) is 11.8. The van der Waals surface area contributed by atoms with Crippen LogP contribution in [0, 0.1) is 0 Å². The van der Waals surface area contributed by atoms with Crippen LogP contribution in [0.15, 0.2) is 39.5 Å². The van der Waals surface area contributed by atoms with Crippen molar-refractivity contribution in [3.63, 3.8) is 0 Å². The molecule has 0 saturated carbocycles. The predicted molar refractivity (Wildman–Crippen MR) is 78.8 cm³/mol. The first-order valence-electron chi connectivity index (χ1n) is 7.14. The van der Waals surface area contributed by atoms with E-state index < -0.39 is 23.5 Å². The van der Waals surface area contributed by atoms with Gasteiger partial charge in [-0.05, 0) is 31.4 Å². The summed E-state index contributed by atoms with van der Waals surface area (Å²) in [5.74, 6) is -1.62. The van der Waals surface area contributed by atoms with Gasteiger partial charge >= 0.3 is 11.6 Å². The maximum Gasteiger partial charge on any atom is 0.349 e. The second-order valence-electron chi connectivity index (χ2n) is 5.33. The van der Waals surface area contributed by atoms with Crippen LogP contribution in [0.2, 0.25) is 0 Å². The molecule has 0 spiro atoms. The zero-order chi connectivity index (χ0) is 15.7. The molecular formula is C16H15NO5. The third-order valence-corrected chi connectivity index (χ3v) is 3.92. The van der Waals surface area contributed by atoms with Crippen molar-refractivity contribution in [1.29, 1.82) is 0 Å². The number of para-hydroxylation sites is 1. The zero-order valence-electron chi connectivity index (χ0n) is 11.8. The Morgan fingerprint density at radius 3 is 2.77 bits per heavy atom. The Kier molecular flexibility index (Phi) is 3.66. The SMILES string of the molecule is O=C(O)C1CCCCN1C(=O)c1cc2ccccc2oc1=O. The van der Waals surface area contributed by atoms with Gasteiger partial charge in [0.1, 0.15) is 17.2 Å². The highest BCUT2D eigenvalue weighted by molar-refractivity contribution is 5.98. The molecule has 0 radical (unpaired) electrons. The van der Waals surface area contributed by atoms with Gasteiger partial charge in [-0.3, -0.25) is 4.79 Å². The lowest BCUT2D eigenvalue weighted by Gasteiger charge is -2.32. The second kappa shape index (κ2) is 5.63. The van der Waals surface area contributed by atoms with Crippen molar-refractivity contribution in [3.8, 4) is 0 Å². The molecule has 1 aliphatic rings. The molecule has 6 heteroatoms. The van der Waals surface area contributed by atoms with Gasteiger partial charge in [-0.25, -0.2) is 9.59 Å². The Labute approximate surface area is 126 Å². The van der Waals surface area contributed by atoms with Crippen LogP contribution in [0.3, 0.4) is 0 Å². The maximum absolute atomic E-state index is 12.6. The fourth-order valence-corrected chi connectivity index (χ4v) is 2.80. The highest BCUT2D eigenvalue weighted by atomic mass is 16.4. The predicted octanol–water partition coefficient (Wildman–Crippen LogP) is 1.87. The number of rotatable bonds is 2. The lowest BCUT2D eigenvalue weighted by Crippen LogP contribution is -2.48. The van der Waals surface area contributed by atoms with Crippen LogP contribution in [0.25, 0.3) is 11.0 Å². The van der Waals surface area contributed by atoms with E-state index in [1.54, 1.807) is 24.3 Å². The largest absolute Gasteiger partial charge is 0.480 e. The number of carboxylic acid groups (broad SMARTS) is 1. The van der Waals surface area contributed by atoms with Gasteiger partial charge in [0.15, 0.2) is 0 Å². The number of hydrogen-bond donors (Lipinski definition) is 1. The molecule has 1 saturated heterocycles. The minimum Gasteiger partial charge on any atom is -0.480 e. The van der Waals surface area contributed by atoms with Crippen molar-refractivity contribution >= 4 is 22.8 Å². The van der Waals surface area contributed by atoms with Crippen LogP contribution in [-0.4, -0.2) is 34.5 Å². The quantitative estimate of drug-likeness (QED) is 0.856. The summed E-state index contributed by atoms with van der Waals surface area (Å²) in [5, 5.41) is 9.88. The Hall–Kier alpha value is -2.63. The van der Waals surface area contributed by atoms with Gasteiger partial charge in [-0.1, -0.05) is 18.2 Å². The molecule has 1 aliphatic heterocycles. The molecule has 1 aromatic heterocycles. The minimum absolute atomic E-state index is 0.119. The van der Waals surface area contributed by atoms with E-state index in [9.17, 15) is 19.5 Å². The van der Waals surface area contributed by atoms with Gasteiger partial charge in [0, 0.05) is 11.9 Å². The summed E-state index contributed by atoms with van der Waals surface area (Å²) in [6, 6.07) is 7.48. The smallest absolute Gasteiger partial charge is 0.349 e. The van der Waals surface area contributed by atoms with E-state index >= 15 is 0 Å². The Bertz CT molecular complexity index is 794. The Morgan fingerprint density at radius 2 is 2.00 bits per heavy atom. The normalized spacial score (nSPS) is 18.4. The molecule has 1 atom stereocenters. The third-order valence-electron chi connectivity index (χ3n) is 3.92. The molecule has 1 amide bonds. The molecule has 1 N–H and O–H groups in total. The molecule has 1 aromatic carbocycles. The van der Waals surface area contributed by atoms with Crippen molar-refractivity contribution in [2.24, 2.45) is 0 Å². The number of carbonyl (C=O) groups excluding carboxylic acids is 1. The lowest BCUT2D eigenvalue weighted by atomic mass is 10.0. The van der Waals surface area contributed by atoms with Crippen LogP contribution in [0.5, 0.6) is 0 Å². The van der Waals surface area contributed by atoms with Crippen LogP contribution >= 0.6 is 0 Å². The fraction of sp³-hybridized carbons (Fsp3) is 0.312. The van der Waals surface area contributed by atoms with E-state index in [-0.39, 0.29) is 5.56 Å². The number of hydrogen-bond acceptors (Lipinski definition) is 4. The van der Waals surface area contributed by atoms with E-state index in [4.69, 9.17) is 4.42 Å². The van der Waals surface area contributed by atoms with Crippen LogP contribution < -0.4 is 5.63 Å². The van der Waals surface area contributed by atoms with Gasteiger partial charge in [0.05, 0.1) is 0 Å². The standard InChI is InChI=1S/C16H15NO5/c18-14(17-8-4-3-6-12(17)15(19)20)11-9-10-5-1-2-7-13(10)22-16(11)21/h1-2,5,7,9,12H,3-4,6,8H2,(H,19,20). The summed E-state index contributed by atoms with van der Waals surface area (Å²) < 4.78 is 5.15. The summed E-state index contributed by atoms with van der Waals surface area (Å²) in [6.45, 7) is 0.335. The van der Waals surface area contributed by atoms with Crippen molar-refractivity contribution in [3.05, 3.63) is 46.3 Å². The summed E-state index contributed by atoms with van der Waals surface area (Å²) in [6.07, 6.45) is 1.89. The van der Waals surface area contributed by atoms with Crippen LogP contribution in [-0.2, 0) is 4.79 Å². The molecular weight excluding hydrogens is 286 g/mol. The van der Waals surface area contributed by atoms with Crippen molar-refractivity contribution in [2.45, 2.75) is 25.3 Å². The van der Waals surface area contributed by atoms with Crippen LogP contribution in [0.1, 0.15) is 29.6 Å². The maximum atomic E-state index is 12.6. The number of carbonyl (C=O) groups is 2. The van der Waals surface area contributed by atoms with Crippen molar-refractivity contribution in [2.75, 3.05) is 6.54 Å². The molecule has 2 heterocycles. The Balaban J connectivity index is 2.02. The van der Waals surface area contributed by atoms with E-state index in [1.807, 2.05) is 0 Å². The third kappa shape index (κ3) is 2.47. The molecule has 6 nitrogen and oxygen atoms in total. The molecule has 0 bridgehead atoms. The van der Waals surface area contributed by atoms with Gasteiger partial charge in [-0.15, -0.1) is 0 Å². The average Bonchev–Trinajstić information content (AvgIpc) is 2.53. The number of fused-ring (bicyclic) bond motifs is 1. The molecule has 3 rings (SSSR count). The summed E-state index contributed by atoms with van der Waals surface area (Å²) in [4.78, 5) is 37.2. The van der Waals surface area contributed by atoms with E-state index in [0.717, 1.165) is 12.8 Å². The van der Waals surface area contributed by atoms with Crippen molar-refractivity contribution < 1.29 is 19.1 Å². The van der Waals surface area contributed by atoms with E-state index in [2.05, 4.69) is 0 Å². The fourth-order valence-electron chi connectivity index (χ4n) is 2.80. The highest BCUT2D eigenvalue weighted by Gasteiger charge is 2.33. The lowest BCUT2D eigenvalue weighted by molar-refractivity contribution is -0.143. The molecule has 1 fully saturated rings. The molecule has 1 unspecified atom stereocenters. The first kappa shape index (κ1) is 14.3. The summed E-state index contributed by atoms with van der Waals surface area (Å²) in [5.41, 5.74) is -0.456. The van der Waals surface area contributed by atoms with Crippen LogP contribution in [0.4, 0.5) is 0 Å². The first-order chi connectivity index (χ1) is 10.6. The molecule has 114 valence electrons. The van der Waals surface area contributed by atoms with E-state index in [0.29, 0.717) is 23.9 Å². The number of likely N-dealkylation sites (tertiary alicyclic amines) is 1. The molecule has 2 aromatic rings.